The second-order valence-corrected chi connectivity index (χ2v) is 5.48. The highest BCUT2D eigenvalue weighted by atomic mass is 19.3. The first-order valence-corrected chi connectivity index (χ1v) is 7.98. The lowest BCUT2D eigenvalue weighted by atomic mass is 10.2. The maximum Gasteiger partial charge on any atom is 0.387 e. The molecule has 0 saturated carbocycles. The topological polar surface area (TPSA) is 120 Å². The molecule has 0 radical (unpaired) electrons. The third kappa shape index (κ3) is 5.94. The number of esters is 1. The number of nitrogens with two attached hydrogens (primary N) is 1. The van der Waals surface area contributed by atoms with Crippen LogP contribution in [0.5, 0.6) is 5.75 Å². The van der Waals surface area contributed by atoms with Gasteiger partial charge in [0.25, 0.3) is 5.91 Å². The van der Waals surface area contributed by atoms with Crippen molar-refractivity contribution < 1.29 is 32.6 Å². The molecule has 0 unspecified atom stereocenters. The average Bonchev–Trinajstić information content (AvgIpc) is 2.62. The van der Waals surface area contributed by atoms with E-state index in [9.17, 15) is 23.2 Å². The number of amides is 3. The van der Waals surface area contributed by atoms with Crippen LogP contribution >= 0.6 is 0 Å². The number of carbonyl (C=O) groups is 3. The van der Waals surface area contributed by atoms with Crippen LogP contribution in [-0.2, 0) is 9.53 Å². The van der Waals surface area contributed by atoms with E-state index in [0.717, 1.165) is 0 Å². The number of anilines is 2. The molecule has 148 valence electrons. The lowest BCUT2D eigenvalue weighted by Crippen LogP contribution is -2.30. The molecule has 0 fully saturated rings. The Hall–Kier alpha value is -3.69. The number of halogens is 2. The van der Waals surface area contributed by atoms with Gasteiger partial charge in [0.05, 0.1) is 11.3 Å². The van der Waals surface area contributed by atoms with E-state index in [-0.39, 0.29) is 22.7 Å². The van der Waals surface area contributed by atoms with Crippen molar-refractivity contribution in [1.82, 2.24) is 0 Å². The molecule has 1 atom stereocenters. The van der Waals surface area contributed by atoms with Gasteiger partial charge < -0.3 is 25.8 Å². The fourth-order valence-corrected chi connectivity index (χ4v) is 2.15. The zero-order chi connectivity index (χ0) is 20.7. The number of hydrogen-bond donors (Lipinski definition) is 3. The van der Waals surface area contributed by atoms with Gasteiger partial charge in [-0.2, -0.15) is 8.78 Å². The van der Waals surface area contributed by atoms with Crippen molar-refractivity contribution in [1.29, 1.82) is 0 Å². The van der Waals surface area contributed by atoms with Crippen molar-refractivity contribution in [3.8, 4) is 5.75 Å². The van der Waals surface area contributed by atoms with E-state index in [0.29, 0.717) is 0 Å². The minimum atomic E-state index is -3.06. The van der Waals surface area contributed by atoms with Gasteiger partial charge in [-0.15, -0.1) is 0 Å². The molecule has 10 heteroatoms. The SMILES string of the molecule is C[C@H](OC(=O)c1cccc(NC(N)=O)c1)C(=O)Nc1ccccc1OC(F)F. The highest BCUT2D eigenvalue weighted by Gasteiger charge is 2.21. The quantitative estimate of drug-likeness (QED) is 0.625. The zero-order valence-electron chi connectivity index (χ0n) is 14.6. The predicted molar refractivity (Wildman–Crippen MR) is 96.2 cm³/mol. The van der Waals surface area contributed by atoms with Crippen LogP contribution in [0.2, 0.25) is 0 Å². The smallest absolute Gasteiger partial charge is 0.387 e. The number of urea groups is 1. The Morgan fingerprint density at radius 1 is 1.04 bits per heavy atom. The summed E-state index contributed by atoms with van der Waals surface area (Å²) in [5.41, 5.74) is 5.36. The molecule has 0 spiro atoms. The van der Waals surface area contributed by atoms with Gasteiger partial charge in [-0.05, 0) is 37.3 Å². The highest BCUT2D eigenvalue weighted by molar-refractivity contribution is 5.98. The molecule has 0 saturated heterocycles. The lowest BCUT2D eigenvalue weighted by molar-refractivity contribution is -0.123. The number of carbonyl (C=O) groups excluding carboxylic acids is 3. The molecule has 2 aromatic rings. The van der Waals surface area contributed by atoms with E-state index >= 15 is 0 Å². The first-order valence-electron chi connectivity index (χ1n) is 7.98. The van der Waals surface area contributed by atoms with Crippen LogP contribution in [0.3, 0.4) is 0 Å². The summed E-state index contributed by atoms with van der Waals surface area (Å²) in [5, 5.41) is 4.67. The van der Waals surface area contributed by atoms with Crippen molar-refractivity contribution in [2.24, 2.45) is 5.73 Å². The number of para-hydroxylation sites is 2. The number of rotatable bonds is 7. The number of nitrogens with one attached hydrogen (secondary N) is 2. The van der Waals surface area contributed by atoms with Crippen LogP contribution in [-0.4, -0.2) is 30.6 Å². The van der Waals surface area contributed by atoms with Crippen LogP contribution in [0, 0.1) is 0 Å². The Bertz CT molecular complexity index is 876. The van der Waals surface area contributed by atoms with Gasteiger partial charge in [0.1, 0.15) is 5.75 Å². The number of ether oxygens (including phenoxy) is 2. The molecule has 0 aliphatic rings. The van der Waals surface area contributed by atoms with Gasteiger partial charge in [0.2, 0.25) is 0 Å². The third-order valence-electron chi connectivity index (χ3n) is 3.38. The second kappa shape index (κ2) is 9.31. The Labute approximate surface area is 158 Å². The molecule has 8 nitrogen and oxygen atoms in total. The standard InChI is InChI=1S/C18H17F2N3O5/c1-10(15(24)23-13-7-2-3-8-14(13)28-17(19)20)27-16(25)11-5-4-6-12(9-11)22-18(21)26/h2-10,17H,1H3,(H,23,24)(H3,21,22,26)/t10-/m0/s1. The fourth-order valence-electron chi connectivity index (χ4n) is 2.15. The van der Waals surface area contributed by atoms with E-state index in [1.54, 1.807) is 0 Å². The Balaban J connectivity index is 2.03. The van der Waals surface area contributed by atoms with Gasteiger partial charge >= 0.3 is 18.6 Å². The predicted octanol–water partition coefficient (Wildman–Crippen LogP) is 2.96. The molecule has 0 aliphatic heterocycles. The molecule has 0 heterocycles. The van der Waals surface area contributed by atoms with Crippen molar-refractivity contribution in [2.75, 3.05) is 10.6 Å². The summed E-state index contributed by atoms with van der Waals surface area (Å²) in [6, 6.07) is 10.5. The summed E-state index contributed by atoms with van der Waals surface area (Å²) in [4.78, 5) is 35.3. The van der Waals surface area contributed by atoms with E-state index < -0.39 is 30.6 Å². The summed E-state index contributed by atoms with van der Waals surface area (Å²) in [6.07, 6.45) is -1.24. The molecular formula is C18H17F2N3O5. The molecule has 0 bridgehead atoms. The van der Waals surface area contributed by atoms with Crippen LogP contribution < -0.4 is 21.1 Å². The number of benzene rings is 2. The van der Waals surface area contributed by atoms with Crippen molar-refractivity contribution >= 4 is 29.3 Å². The summed E-state index contributed by atoms with van der Waals surface area (Å²) >= 11 is 0. The van der Waals surface area contributed by atoms with Crippen molar-refractivity contribution in [3.05, 3.63) is 54.1 Å². The summed E-state index contributed by atoms with van der Waals surface area (Å²) in [5.74, 6) is -1.80. The molecule has 28 heavy (non-hydrogen) atoms. The molecular weight excluding hydrogens is 376 g/mol. The van der Waals surface area contributed by atoms with Crippen LogP contribution in [0.25, 0.3) is 0 Å². The molecule has 2 aromatic carbocycles. The summed E-state index contributed by atoms with van der Waals surface area (Å²) in [6.45, 7) is -1.75. The molecule has 2 rings (SSSR count). The number of alkyl halides is 2. The van der Waals surface area contributed by atoms with Gasteiger partial charge in [0, 0.05) is 5.69 Å². The lowest BCUT2D eigenvalue weighted by Gasteiger charge is -2.16. The third-order valence-corrected chi connectivity index (χ3v) is 3.38. The number of hydrogen-bond acceptors (Lipinski definition) is 5. The summed E-state index contributed by atoms with van der Waals surface area (Å²) in [7, 11) is 0. The molecule has 3 amide bonds. The number of primary amides is 1. The fraction of sp³-hybridized carbons (Fsp3) is 0.167. The van der Waals surface area contributed by atoms with E-state index in [2.05, 4.69) is 15.4 Å². The highest BCUT2D eigenvalue weighted by Crippen LogP contribution is 2.25. The van der Waals surface area contributed by atoms with Crippen molar-refractivity contribution in [3.63, 3.8) is 0 Å². The molecule has 0 aromatic heterocycles. The van der Waals surface area contributed by atoms with Crippen LogP contribution in [0.4, 0.5) is 25.0 Å². The average molecular weight is 393 g/mol. The maximum absolute atomic E-state index is 12.4. The normalized spacial score (nSPS) is 11.4. The maximum atomic E-state index is 12.4. The van der Waals surface area contributed by atoms with E-state index in [1.807, 2.05) is 0 Å². The monoisotopic (exact) mass is 393 g/mol. The van der Waals surface area contributed by atoms with Gasteiger partial charge in [-0.25, -0.2) is 9.59 Å². The van der Waals surface area contributed by atoms with Gasteiger partial charge in [-0.3, -0.25) is 4.79 Å². The van der Waals surface area contributed by atoms with E-state index in [1.165, 1.54) is 55.5 Å². The zero-order valence-corrected chi connectivity index (χ0v) is 14.6. The Morgan fingerprint density at radius 3 is 2.43 bits per heavy atom. The molecule has 4 N–H and O–H groups in total. The summed E-state index contributed by atoms with van der Waals surface area (Å²) < 4.78 is 34.2. The molecule has 0 aliphatic carbocycles. The minimum absolute atomic E-state index is 0.00311. The Kier molecular flexibility index (Phi) is 6.85. The van der Waals surface area contributed by atoms with Gasteiger partial charge in [0.15, 0.2) is 6.10 Å². The van der Waals surface area contributed by atoms with Gasteiger partial charge in [-0.1, -0.05) is 18.2 Å². The largest absolute Gasteiger partial charge is 0.449 e. The first kappa shape index (κ1) is 20.6. The van der Waals surface area contributed by atoms with Crippen molar-refractivity contribution in [2.45, 2.75) is 19.6 Å². The Morgan fingerprint density at radius 2 is 1.75 bits per heavy atom. The van der Waals surface area contributed by atoms with Crippen LogP contribution in [0.1, 0.15) is 17.3 Å². The first-order chi connectivity index (χ1) is 13.3. The van der Waals surface area contributed by atoms with E-state index in [4.69, 9.17) is 10.5 Å². The second-order valence-electron chi connectivity index (χ2n) is 5.48. The van der Waals surface area contributed by atoms with Crippen LogP contribution in [0.15, 0.2) is 48.5 Å². The minimum Gasteiger partial charge on any atom is -0.449 e.